The molecule has 0 radical (unpaired) electrons. The normalized spacial score (nSPS) is 30.7. The maximum absolute atomic E-state index is 9.27. The second-order valence-electron chi connectivity index (χ2n) is 2.68. The Balaban J connectivity index is 2.41. The molecule has 0 aromatic rings. The van der Waals surface area contributed by atoms with Gasteiger partial charge in [0.25, 0.3) is 0 Å². The number of hydrogen-bond donors (Lipinski definition) is 1. The molecule has 0 amide bonds. The van der Waals surface area contributed by atoms with Crippen LogP contribution in [-0.2, 0) is 4.74 Å². The summed E-state index contributed by atoms with van der Waals surface area (Å²) in [7, 11) is 0. The van der Waals surface area contributed by atoms with Gasteiger partial charge in [0.2, 0.25) is 0 Å². The second kappa shape index (κ2) is 4.38. The Hall–Kier alpha value is -0.520. The molecule has 0 bridgehead atoms. The van der Waals surface area contributed by atoms with Crippen molar-refractivity contribution in [2.75, 3.05) is 6.61 Å². The summed E-state index contributed by atoms with van der Waals surface area (Å²) < 4.78 is 5.04. The summed E-state index contributed by atoms with van der Waals surface area (Å²) in [4.78, 5) is 0. The van der Waals surface area contributed by atoms with E-state index in [2.05, 4.69) is 11.8 Å². The summed E-state index contributed by atoms with van der Waals surface area (Å²) in [5.41, 5.74) is 0. The smallest absolute Gasteiger partial charge is 0.168 e. The predicted molar refractivity (Wildman–Crippen MR) is 42.7 cm³/mol. The van der Waals surface area contributed by atoms with Gasteiger partial charge in [-0.15, -0.1) is 5.92 Å². The largest absolute Gasteiger partial charge is 0.367 e. The van der Waals surface area contributed by atoms with Gasteiger partial charge in [0, 0.05) is 13.0 Å². The summed E-state index contributed by atoms with van der Waals surface area (Å²) >= 11 is 0. The first-order valence-corrected chi connectivity index (χ1v) is 4.12. The first-order valence-electron chi connectivity index (χ1n) is 4.12. The number of aliphatic hydroxyl groups excluding tert-OH is 1. The Morgan fingerprint density at radius 1 is 1.64 bits per heavy atom. The molecule has 62 valence electrons. The van der Waals surface area contributed by atoms with Crippen molar-refractivity contribution in [3.63, 3.8) is 0 Å². The summed E-state index contributed by atoms with van der Waals surface area (Å²) in [6.07, 6.45) is 2.18. The molecule has 2 heteroatoms. The van der Waals surface area contributed by atoms with Crippen LogP contribution < -0.4 is 0 Å². The highest BCUT2D eigenvalue weighted by Gasteiger charge is 2.21. The molecule has 1 rings (SSSR count). The van der Waals surface area contributed by atoms with Crippen LogP contribution in [0.3, 0.4) is 0 Å². The van der Waals surface area contributed by atoms with Crippen LogP contribution in [0.1, 0.15) is 26.2 Å². The first kappa shape index (κ1) is 8.58. The van der Waals surface area contributed by atoms with Crippen LogP contribution in [0.2, 0.25) is 0 Å². The first-order chi connectivity index (χ1) is 5.34. The van der Waals surface area contributed by atoms with E-state index < -0.39 is 6.29 Å². The molecule has 2 nitrogen and oxygen atoms in total. The number of aliphatic hydroxyl groups is 1. The molecule has 1 N–H and O–H groups in total. The summed E-state index contributed by atoms with van der Waals surface area (Å²) in [6.45, 7) is 2.68. The topological polar surface area (TPSA) is 29.5 Å². The van der Waals surface area contributed by atoms with Crippen molar-refractivity contribution in [2.24, 2.45) is 5.92 Å². The van der Waals surface area contributed by atoms with Gasteiger partial charge in [-0.25, -0.2) is 0 Å². The summed E-state index contributed by atoms with van der Waals surface area (Å²) in [6, 6.07) is 0. The maximum atomic E-state index is 9.27. The third-order valence-corrected chi connectivity index (χ3v) is 1.76. The van der Waals surface area contributed by atoms with Gasteiger partial charge in [-0.1, -0.05) is 12.8 Å². The third kappa shape index (κ3) is 2.53. The molecular formula is C9H14O2. The Bertz CT molecular complexity index is 166. The molecule has 1 fully saturated rings. The summed E-state index contributed by atoms with van der Waals surface area (Å²) in [5, 5.41) is 9.27. The molecule has 1 heterocycles. The molecule has 0 aromatic carbocycles. The van der Waals surface area contributed by atoms with Gasteiger partial charge in [0.1, 0.15) is 0 Å². The maximum Gasteiger partial charge on any atom is 0.168 e. The van der Waals surface area contributed by atoms with Gasteiger partial charge >= 0.3 is 0 Å². The molecule has 0 aromatic heterocycles. The van der Waals surface area contributed by atoms with Crippen LogP contribution in [0, 0.1) is 17.8 Å². The Kier molecular flexibility index (Phi) is 3.41. The Morgan fingerprint density at radius 2 is 2.45 bits per heavy atom. The van der Waals surface area contributed by atoms with E-state index >= 15 is 0 Å². The van der Waals surface area contributed by atoms with Gasteiger partial charge in [-0.2, -0.15) is 0 Å². The zero-order valence-corrected chi connectivity index (χ0v) is 6.84. The molecular weight excluding hydrogens is 140 g/mol. The Morgan fingerprint density at radius 3 is 3.09 bits per heavy atom. The molecule has 0 spiro atoms. The fraction of sp³-hybridized carbons (Fsp3) is 0.778. The van der Waals surface area contributed by atoms with Crippen LogP contribution in [-0.4, -0.2) is 18.0 Å². The minimum Gasteiger partial charge on any atom is -0.367 e. The van der Waals surface area contributed by atoms with Crippen molar-refractivity contribution in [2.45, 2.75) is 32.5 Å². The second-order valence-corrected chi connectivity index (χ2v) is 2.68. The summed E-state index contributed by atoms with van der Waals surface area (Å²) in [5.74, 6) is 6.00. The SMILES string of the molecule is CCC#C[C@@H]1CCCO[C@H]1O. The number of rotatable bonds is 0. The Labute approximate surface area is 67.6 Å². The van der Waals surface area contributed by atoms with Crippen LogP contribution >= 0.6 is 0 Å². The van der Waals surface area contributed by atoms with Gasteiger partial charge in [-0.05, 0) is 12.8 Å². The average molecular weight is 154 g/mol. The van der Waals surface area contributed by atoms with E-state index in [1.807, 2.05) is 6.92 Å². The molecule has 0 aliphatic carbocycles. The van der Waals surface area contributed by atoms with Crippen molar-refractivity contribution < 1.29 is 9.84 Å². The van der Waals surface area contributed by atoms with E-state index in [-0.39, 0.29) is 5.92 Å². The monoisotopic (exact) mass is 154 g/mol. The van der Waals surface area contributed by atoms with Crippen molar-refractivity contribution in [1.82, 2.24) is 0 Å². The van der Waals surface area contributed by atoms with Gasteiger partial charge in [0.15, 0.2) is 6.29 Å². The zero-order valence-electron chi connectivity index (χ0n) is 6.84. The highest BCUT2D eigenvalue weighted by molar-refractivity contribution is 5.04. The van der Waals surface area contributed by atoms with Gasteiger partial charge < -0.3 is 9.84 Å². The molecule has 2 atom stereocenters. The minimum absolute atomic E-state index is 0.0451. The van der Waals surface area contributed by atoms with Gasteiger partial charge in [-0.3, -0.25) is 0 Å². The lowest BCUT2D eigenvalue weighted by Crippen LogP contribution is -2.27. The molecule has 1 aliphatic rings. The fourth-order valence-electron chi connectivity index (χ4n) is 1.14. The van der Waals surface area contributed by atoms with E-state index in [1.165, 1.54) is 0 Å². The van der Waals surface area contributed by atoms with E-state index in [0.29, 0.717) is 6.61 Å². The predicted octanol–water partition coefficient (Wildman–Crippen LogP) is 1.14. The zero-order chi connectivity index (χ0) is 8.10. The molecule has 11 heavy (non-hydrogen) atoms. The van der Waals surface area contributed by atoms with Crippen LogP contribution in [0.5, 0.6) is 0 Å². The lowest BCUT2D eigenvalue weighted by atomic mass is 10.0. The molecule has 0 unspecified atom stereocenters. The van der Waals surface area contributed by atoms with Crippen LogP contribution in [0.25, 0.3) is 0 Å². The van der Waals surface area contributed by atoms with E-state index in [1.54, 1.807) is 0 Å². The van der Waals surface area contributed by atoms with Crippen molar-refractivity contribution in [1.29, 1.82) is 0 Å². The number of hydrogen-bond acceptors (Lipinski definition) is 2. The standard InChI is InChI=1S/C9H14O2/c1-2-3-5-8-6-4-7-11-9(8)10/h8-10H,2,4,6-7H2,1H3/t8-,9-/m1/s1. The molecule has 1 aliphatic heterocycles. The molecule has 1 saturated heterocycles. The minimum atomic E-state index is -0.650. The lowest BCUT2D eigenvalue weighted by Gasteiger charge is -2.23. The van der Waals surface area contributed by atoms with Crippen LogP contribution in [0.4, 0.5) is 0 Å². The quantitative estimate of drug-likeness (QED) is 0.530. The average Bonchev–Trinajstić information content (AvgIpc) is 2.03. The van der Waals surface area contributed by atoms with Crippen molar-refractivity contribution in [3.8, 4) is 11.8 Å². The highest BCUT2D eigenvalue weighted by Crippen LogP contribution is 2.17. The van der Waals surface area contributed by atoms with E-state index in [4.69, 9.17) is 4.74 Å². The molecule has 0 saturated carbocycles. The van der Waals surface area contributed by atoms with E-state index in [0.717, 1.165) is 19.3 Å². The third-order valence-electron chi connectivity index (χ3n) is 1.76. The van der Waals surface area contributed by atoms with E-state index in [9.17, 15) is 5.11 Å². The lowest BCUT2D eigenvalue weighted by molar-refractivity contribution is -0.144. The van der Waals surface area contributed by atoms with Crippen LogP contribution in [0.15, 0.2) is 0 Å². The number of ether oxygens (including phenoxy) is 1. The van der Waals surface area contributed by atoms with Crippen molar-refractivity contribution in [3.05, 3.63) is 0 Å². The van der Waals surface area contributed by atoms with Crippen molar-refractivity contribution >= 4 is 0 Å². The fourth-order valence-corrected chi connectivity index (χ4v) is 1.14. The highest BCUT2D eigenvalue weighted by atomic mass is 16.6. The van der Waals surface area contributed by atoms with Gasteiger partial charge in [0.05, 0.1) is 5.92 Å².